The Labute approximate surface area is 87.6 Å². The van der Waals surface area contributed by atoms with Crippen LogP contribution in [0.2, 0.25) is 0 Å². The lowest BCUT2D eigenvalue weighted by Gasteiger charge is -2.13. The molecule has 15 heavy (non-hydrogen) atoms. The lowest BCUT2D eigenvalue weighted by atomic mass is 10.2. The topological polar surface area (TPSA) is 51.7 Å². The second-order valence-electron chi connectivity index (χ2n) is 3.18. The fourth-order valence-electron chi connectivity index (χ4n) is 1.38. The molecule has 1 fully saturated rings. The number of rotatable bonds is 2. The van der Waals surface area contributed by atoms with Gasteiger partial charge in [-0.25, -0.2) is 10.0 Å². The maximum Gasteiger partial charge on any atom is 0.278 e. The van der Waals surface area contributed by atoms with Crippen LogP contribution >= 0.6 is 0 Å². The largest absolute Gasteiger partial charge is 0.481 e. The monoisotopic (exact) mass is 208 g/mol. The average Bonchev–Trinajstić information content (AvgIpc) is 2.82. The highest BCUT2D eigenvalue weighted by molar-refractivity contribution is 5.93. The third-order valence-corrected chi connectivity index (χ3v) is 2.17. The molecule has 5 heteroatoms. The van der Waals surface area contributed by atoms with Gasteiger partial charge in [-0.3, -0.25) is 9.63 Å². The van der Waals surface area contributed by atoms with Gasteiger partial charge in [0.1, 0.15) is 0 Å². The van der Waals surface area contributed by atoms with Crippen LogP contribution in [0.5, 0.6) is 5.88 Å². The summed E-state index contributed by atoms with van der Waals surface area (Å²) < 4.78 is 4.91. The Morgan fingerprint density at radius 3 is 3.00 bits per heavy atom. The number of aromatic nitrogens is 1. The lowest BCUT2D eigenvalue weighted by Crippen LogP contribution is -2.26. The molecule has 1 amide bonds. The number of ether oxygens (including phenoxy) is 1. The van der Waals surface area contributed by atoms with E-state index in [0.29, 0.717) is 24.6 Å². The first-order valence-electron chi connectivity index (χ1n) is 4.76. The van der Waals surface area contributed by atoms with Gasteiger partial charge < -0.3 is 4.74 Å². The fourth-order valence-corrected chi connectivity index (χ4v) is 1.38. The highest BCUT2D eigenvalue weighted by Crippen LogP contribution is 2.12. The summed E-state index contributed by atoms with van der Waals surface area (Å²) >= 11 is 0. The van der Waals surface area contributed by atoms with Gasteiger partial charge >= 0.3 is 0 Å². The van der Waals surface area contributed by atoms with E-state index in [1.165, 1.54) is 18.4 Å². The van der Waals surface area contributed by atoms with Crippen molar-refractivity contribution in [2.45, 2.75) is 6.42 Å². The molecule has 0 aliphatic carbocycles. The molecule has 1 saturated heterocycles. The first kappa shape index (κ1) is 9.92. The summed E-state index contributed by atoms with van der Waals surface area (Å²) in [6.07, 6.45) is 2.37. The highest BCUT2D eigenvalue weighted by Gasteiger charge is 2.20. The van der Waals surface area contributed by atoms with E-state index in [1.807, 2.05) is 0 Å². The molecule has 1 aliphatic heterocycles. The second kappa shape index (κ2) is 4.27. The molecule has 0 unspecified atom stereocenters. The molecule has 5 nitrogen and oxygen atoms in total. The molecular formula is C10H12N2O3. The SMILES string of the molecule is COc1ccc(C(=O)N2CCCO2)cn1. The molecule has 0 bridgehead atoms. The summed E-state index contributed by atoms with van der Waals surface area (Å²) in [6.45, 7) is 1.25. The zero-order chi connectivity index (χ0) is 10.7. The van der Waals surface area contributed by atoms with Gasteiger partial charge in [-0.05, 0) is 12.5 Å². The molecule has 1 aromatic heterocycles. The van der Waals surface area contributed by atoms with Crippen LogP contribution in [0.1, 0.15) is 16.8 Å². The normalized spacial score (nSPS) is 15.4. The van der Waals surface area contributed by atoms with Crippen LogP contribution in [0.25, 0.3) is 0 Å². The summed E-state index contributed by atoms with van der Waals surface area (Å²) in [6, 6.07) is 3.33. The zero-order valence-corrected chi connectivity index (χ0v) is 8.47. The Bertz CT molecular complexity index is 344. The number of methoxy groups -OCH3 is 1. The number of hydrogen-bond donors (Lipinski definition) is 0. The van der Waals surface area contributed by atoms with Crippen molar-refractivity contribution in [3.63, 3.8) is 0 Å². The molecule has 2 heterocycles. The Kier molecular flexibility index (Phi) is 2.82. The van der Waals surface area contributed by atoms with Crippen LogP contribution in [0.15, 0.2) is 18.3 Å². The van der Waals surface area contributed by atoms with Gasteiger partial charge in [0.05, 0.1) is 25.8 Å². The van der Waals surface area contributed by atoms with Crippen molar-refractivity contribution < 1.29 is 14.4 Å². The first-order valence-corrected chi connectivity index (χ1v) is 4.76. The number of carbonyl (C=O) groups excluding carboxylic acids is 1. The number of amides is 1. The van der Waals surface area contributed by atoms with Crippen LogP contribution in [0, 0.1) is 0 Å². The van der Waals surface area contributed by atoms with E-state index in [-0.39, 0.29) is 5.91 Å². The van der Waals surface area contributed by atoms with Gasteiger partial charge in [-0.2, -0.15) is 0 Å². The number of pyridine rings is 1. The third-order valence-electron chi connectivity index (χ3n) is 2.17. The van der Waals surface area contributed by atoms with E-state index in [9.17, 15) is 4.79 Å². The average molecular weight is 208 g/mol. The van der Waals surface area contributed by atoms with E-state index in [4.69, 9.17) is 9.57 Å². The van der Waals surface area contributed by atoms with Gasteiger partial charge in [-0.15, -0.1) is 0 Å². The Hall–Kier alpha value is -1.62. The third kappa shape index (κ3) is 2.07. The number of carbonyl (C=O) groups is 1. The highest BCUT2D eigenvalue weighted by atomic mass is 16.7. The molecule has 0 radical (unpaired) electrons. The van der Waals surface area contributed by atoms with Gasteiger partial charge in [0.15, 0.2) is 0 Å². The van der Waals surface area contributed by atoms with Crippen molar-refractivity contribution in [3.8, 4) is 5.88 Å². The minimum Gasteiger partial charge on any atom is -0.481 e. The molecule has 2 rings (SSSR count). The molecule has 0 aromatic carbocycles. The molecule has 1 aliphatic rings. The summed E-state index contributed by atoms with van der Waals surface area (Å²) in [5.41, 5.74) is 0.512. The summed E-state index contributed by atoms with van der Waals surface area (Å²) in [5, 5.41) is 1.36. The molecule has 1 aromatic rings. The predicted octanol–water partition coefficient (Wildman–Crippen LogP) is 0.868. The number of nitrogens with zero attached hydrogens (tertiary/aromatic N) is 2. The Morgan fingerprint density at radius 1 is 1.60 bits per heavy atom. The maximum atomic E-state index is 11.8. The zero-order valence-electron chi connectivity index (χ0n) is 8.47. The van der Waals surface area contributed by atoms with Crippen LogP contribution in [0.4, 0.5) is 0 Å². The smallest absolute Gasteiger partial charge is 0.278 e. The minimum absolute atomic E-state index is 0.150. The number of hydroxylamine groups is 2. The van der Waals surface area contributed by atoms with Gasteiger partial charge in [0.2, 0.25) is 5.88 Å². The molecule has 0 saturated carbocycles. The summed E-state index contributed by atoms with van der Waals surface area (Å²) in [4.78, 5) is 20.9. The quantitative estimate of drug-likeness (QED) is 0.723. The molecular weight excluding hydrogens is 196 g/mol. The number of hydrogen-bond acceptors (Lipinski definition) is 4. The van der Waals surface area contributed by atoms with Crippen LogP contribution < -0.4 is 4.74 Å². The van der Waals surface area contributed by atoms with E-state index >= 15 is 0 Å². The van der Waals surface area contributed by atoms with E-state index in [2.05, 4.69) is 4.98 Å². The molecule has 0 N–H and O–H groups in total. The van der Waals surface area contributed by atoms with Crippen LogP contribution in [-0.2, 0) is 4.84 Å². The van der Waals surface area contributed by atoms with Gasteiger partial charge in [0.25, 0.3) is 5.91 Å². The second-order valence-corrected chi connectivity index (χ2v) is 3.18. The molecule has 0 atom stereocenters. The van der Waals surface area contributed by atoms with Crippen molar-refractivity contribution in [2.75, 3.05) is 20.3 Å². The molecule has 0 spiro atoms. The fraction of sp³-hybridized carbons (Fsp3) is 0.400. The van der Waals surface area contributed by atoms with Crippen LogP contribution in [0.3, 0.4) is 0 Å². The van der Waals surface area contributed by atoms with Crippen molar-refractivity contribution in [1.82, 2.24) is 10.0 Å². The Morgan fingerprint density at radius 2 is 2.47 bits per heavy atom. The lowest BCUT2D eigenvalue weighted by molar-refractivity contribution is -0.0768. The van der Waals surface area contributed by atoms with E-state index < -0.39 is 0 Å². The standard InChI is InChI=1S/C10H12N2O3/c1-14-9-4-3-8(7-11-9)10(13)12-5-2-6-15-12/h3-4,7H,2,5-6H2,1H3. The van der Waals surface area contributed by atoms with Crippen molar-refractivity contribution in [2.24, 2.45) is 0 Å². The van der Waals surface area contributed by atoms with E-state index in [0.717, 1.165) is 6.42 Å². The summed E-state index contributed by atoms with van der Waals surface area (Å²) in [5.74, 6) is 0.344. The minimum atomic E-state index is -0.150. The van der Waals surface area contributed by atoms with Crippen molar-refractivity contribution in [1.29, 1.82) is 0 Å². The first-order chi connectivity index (χ1) is 7.31. The van der Waals surface area contributed by atoms with Gasteiger partial charge in [0, 0.05) is 12.3 Å². The predicted molar refractivity (Wildman–Crippen MR) is 52.4 cm³/mol. The van der Waals surface area contributed by atoms with E-state index in [1.54, 1.807) is 12.1 Å². The van der Waals surface area contributed by atoms with Crippen molar-refractivity contribution in [3.05, 3.63) is 23.9 Å². The maximum absolute atomic E-state index is 11.8. The van der Waals surface area contributed by atoms with Gasteiger partial charge in [-0.1, -0.05) is 0 Å². The Balaban J connectivity index is 2.11. The summed E-state index contributed by atoms with van der Waals surface area (Å²) in [7, 11) is 1.54. The molecule has 80 valence electrons. The van der Waals surface area contributed by atoms with Crippen LogP contribution in [-0.4, -0.2) is 36.2 Å². The van der Waals surface area contributed by atoms with Crippen molar-refractivity contribution >= 4 is 5.91 Å².